The van der Waals surface area contributed by atoms with Gasteiger partial charge in [0.25, 0.3) is 5.91 Å². The van der Waals surface area contributed by atoms with Crippen molar-refractivity contribution in [2.24, 2.45) is 0 Å². The molecule has 1 fully saturated rings. The Labute approximate surface area is 115 Å². The van der Waals surface area contributed by atoms with Crippen molar-refractivity contribution in [1.82, 2.24) is 5.32 Å². The molecule has 0 unspecified atom stereocenters. The van der Waals surface area contributed by atoms with E-state index in [4.69, 9.17) is 11.6 Å². The molecule has 1 aliphatic carbocycles. The summed E-state index contributed by atoms with van der Waals surface area (Å²) in [6.07, 6.45) is 4.49. The first-order valence-corrected chi connectivity index (χ1v) is 6.94. The number of benzene rings is 1. The summed E-state index contributed by atoms with van der Waals surface area (Å²) in [6.45, 7) is 2.11. The zero-order valence-corrected chi connectivity index (χ0v) is 12.1. The minimum Gasteiger partial charge on any atom is -0.347 e. The lowest BCUT2D eigenvalue weighted by molar-refractivity contribution is 0.0908. The van der Waals surface area contributed by atoms with Gasteiger partial charge in [0.1, 0.15) is 0 Å². The Hall–Kier alpha value is -0.540. The fourth-order valence-corrected chi connectivity index (χ4v) is 3.17. The van der Waals surface area contributed by atoms with Gasteiger partial charge in [-0.05, 0) is 38.0 Å². The molecule has 92 valence electrons. The van der Waals surface area contributed by atoms with Crippen LogP contribution in [0.2, 0.25) is 5.02 Å². The molecule has 0 radical (unpaired) electrons. The van der Waals surface area contributed by atoms with Gasteiger partial charge in [0.15, 0.2) is 0 Å². The highest BCUT2D eigenvalue weighted by Gasteiger charge is 2.30. The predicted molar refractivity (Wildman–Crippen MR) is 73.5 cm³/mol. The number of nitrogens with one attached hydrogen (secondary N) is 1. The Morgan fingerprint density at radius 2 is 2.00 bits per heavy atom. The third-order valence-electron chi connectivity index (χ3n) is 3.25. The molecule has 0 bridgehead atoms. The lowest BCUT2D eigenvalue weighted by Crippen LogP contribution is -2.43. The van der Waals surface area contributed by atoms with E-state index < -0.39 is 0 Å². The Bertz CT molecular complexity index is 421. The van der Waals surface area contributed by atoms with E-state index in [1.54, 1.807) is 18.2 Å². The summed E-state index contributed by atoms with van der Waals surface area (Å²) in [5, 5.41) is 3.68. The number of halogens is 2. The van der Waals surface area contributed by atoms with E-state index in [1.807, 2.05) is 0 Å². The number of hydrogen-bond donors (Lipinski definition) is 1. The molecule has 1 aromatic rings. The van der Waals surface area contributed by atoms with Gasteiger partial charge >= 0.3 is 0 Å². The van der Waals surface area contributed by atoms with Crippen molar-refractivity contribution in [1.29, 1.82) is 0 Å². The summed E-state index contributed by atoms with van der Waals surface area (Å²) in [6, 6.07) is 5.26. The molecule has 1 saturated carbocycles. The molecule has 17 heavy (non-hydrogen) atoms. The van der Waals surface area contributed by atoms with E-state index in [-0.39, 0.29) is 11.4 Å². The van der Waals surface area contributed by atoms with Crippen molar-refractivity contribution in [2.75, 3.05) is 0 Å². The van der Waals surface area contributed by atoms with Crippen LogP contribution in [0.15, 0.2) is 22.7 Å². The molecule has 2 rings (SSSR count). The molecule has 0 aromatic heterocycles. The van der Waals surface area contributed by atoms with E-state index in [0.29, 0.717) is 10.6 Å². The molecule has 0 atom stereocenters. The number of amides is 1. The van der Waals surface area contributed by atoms with Gasteiger partial charge in [-0.1, -0.05) is 40.4 Å². The summed E-state index contributed by atoms with van der Waals surface area (Å²) in [7, 11) is 0. The van der Waals surface area contributed by atoms with Crippen LogP contribution in [0.25, 0.3) is 0 Å². The van der Waals surface area contributed by atoms with Crippen LogP contribution in [0.3, 0.4) is 0 Å². The molecule has 1 N–H and O–H groups in total. The normalized spacial score (nSPS) is 18.1. The molecule has 0 heterocycles. The summed E-state index contributed by atoms with van der Waals surface area (Å²) in [5.74, 6) is -0.0439. The highest BCUT2D eigenvalue weighted by molar-refractivity contribution is 9.10. The van der Waals surface area contributed by atoms with Crippen molar-refractivity contribution in [3.63, 3.8) is 0 Å². The summed E-state index contributed by atoms with van der Waals surface area (Å²) < 4.78 is 0.826. The van der Waals surface area contributed by atoms with Gasteiger partial charge in [-0.25, -0.2) is 0 Å². The SMILES string of the molecule is CC1(NC(=O)c2cc(Cl)cc(Br)c2)CCCC1. The van der Waals surface area contributed by atoms with Gasteiger partial charge in [-0.3, -0.25) is 4.79 Å². The molecule has 2 nitrogen and oxygen atoms in total. The first kappa shape index (κ1) is 12.9. The summed E-state index contributed by atoms with van der Waals surface area (Å²) in [5.41, 5.74) is 0.559. The molecule has 0 saturated heterocycles. The maximum absolute atomic E-state index is 12.1. The minimum absolute atomic E-state index is 0.0439. The van der Waals surface area contributed by atoms with Crippen LogP contribution < -0.4 is 5.32 Å². The summed E-state index contributed by atoms with van der Waals surface area (Å²) >= 11 is 9.28. The van der Waals surface area contributed by atoms with Crippen molar-refractivity contribution in [2.45, 2.75) is 38.1 Å². The highest BCUT2D eigenvalue weighted by Crippen LogP contribution is 2.29. The zero-order valence-electron chi connectivity index (χ0n) is 9.72. The van der Waals surface area contributed by atoms with Crippen LogP contribution in [0.4, 0.5) is 0 Å². The molecule has 1 aliphatic rings. The summed E-state index contributed by atoms with van der Waals surface area (Å²) in [4.78, 5) is 12.1. The lowest BCUT2D eigenvalue weighted by atomic mass is 10.00. The van der Waals surface area contributed by atoms with E-state index in [9.17, 15) is 4.79 Å². The molecular formula is C13H15BrClNO. The van der Waals surface area contributed by atoms with E-state index >= 15 is 0 Å². The first-order chi connectivity index (χ1) is 7.98. The second-order valence-electron chi connectivity index (χ2n) is 4.88. The smallest absolute Gasteiger partial charge is 0.251 e. The number of carbonyl (C=O) groups excluding carboxylic acids is 1. The number of hydrogen-bond acceptors (Lipinski definition) is 1. The van der Waals surface area contributed by atoms with Crippen molar-refractivity contribution < 1.29 is 4.79 Å². The van der Waals surface area contributed by atoms with Gasteiger partial charge in [0.05, 0.1) is 0 Å². The Kier molecular flexibility index (Phi) is 3.79. The average Bonchev–Trinajstić information content (AvgIpc) is 2.63. The van der Waals surface area contributed by atoms with Crippen LogP contribution in [-0.4, -0.2) is 11.4 Å². The van der Waals surface area contributed by atoms with E-state index in [2.05, 4.69) is 28.2 Å². The molecular weight excluding hydrogens is 302 g/mol. The molecule has 0 spiro atoms. The minimum atomic E-state index is -0.0497. The van der Waals surface area contributed by atoms with Crippen molar-refractivity contribution in [3.8, 4) is 0 Å². The largest absolute Gasteiger partial charge is 0.347 e. The molecule has 0 aliphatic heterocycles. The third-order valence-corrected chi connectivity index (χ3v) is 3.92. The first-order valence-electron chi connectivity index (χ1n) is 5.77. The van der Waals surface area contributed by atoms with Crippen LogP contribution in [0.5, 0.6) is 0 Å². The van der Waals surface area contributed by atoms with Crippen molar-refractivity contribution in [3.05, 3.63) is 33.3 Å². The standard InChI is InChI=1S/C13H15BrClNO/c1-13(4-2-3-5-13)16-12(17)9-6-10(14)8-11(15)7-9/h6-8H,2-5H2,1H3,(H,16,17). The fourth-order valence-electron chi connectivity index (χ4n) is 2.31. The maximum atomic E-state index is 12.1. The van der Waals surface area contributed by atoms with Gasteiger partial charge in [-0.15, -0.1) is 0 Å². The molecule has 4 heteroatoms. The average molecular weight is 317 g/mol. The third kappa shape index (κ3) is 3.23. The van der Waals surface area contributed by atoms with Gasteiger partial charge in [0, 0.05) is 20.6 Å². The number of rotatable bonds is 2. The topological polar surface area (TPSA) is 29.1 Å². The fraction of sp³-hybridized carbons (Fsp3) is 0.462. The van der Waals surface area contributed by atoms with E-state index in [1.165, 1.54) is 12.8 Å². The Morgan fingerprint density at radius 1 is 1.35 bits per heavy atom. The second kappa shape index (κ2) is 4.99. The van der Waals surface area contributed by atoms with Crippen LogP contribution in [-0.2, 0) is 0 Å². The zero-order chi connectivity index (χ0) is 12.5. The Morgan fingerprint density at radius 3 is 2.59 bits per heavy atom. The maximum Gasteiger partial charge on any atom is 0.251 e. The van der Waals surface area contributed by atoms with Crippen LogP contribution in [0.1, 0.15) is 43.0 Å². The van der Waals surface area contributed by atoms with Gasteiger partial charge < -0.3 is 5.32 Å². The lowest BCUT2D eigenvalue weighted by Gasteiger charge is -2.25. The highest BCUT2D eigenvalue weighted by atomic mass is 79.9. The second-order valence-corrected chi connectivity index (χ2v) is 6.23. The quantitative estimate of drug-likeness (QED) is 0.872. The van der Waals surface area contributed by atoms with Gasteiger partial charge in [0.2, 0.25) is 0 Å². The Balaban J connectivity index is 2.14. The van der Waals surface area contributed by atoms with Gasteiger partial charge in [-0.2, -0.15) is 0 Å². The predicted octanol–water partition coefficient (Wildman–Crippen LogP) is 4.17. The van der Waals surface area contributed by atoms with Crippen LogP contribution >= 0.6 is 27.5 Å². The van der Waals surface area contributed by atoms with Crippen LogP contribution in [0, 0.1) is 0 Å². The number of carbonyl (C=O) groups is 1. The van der Waals surface area contributed by atoms with E-state index in [0.717, 1.165) is 17.3 Å². The molecule has 1 aromatic carbocycles. The van der Waals surface area contributed by atoms with Crippen molar-refractivity contribution >= 4 is 33.4 Å². The monoisotopic (exact) mass is 315 g/mol. The molecule has 1 amide bonds.